The number of hydrogen-bond acceptors (Lipinski definition) is 4. The number of alkyl halides is 3. The standard InChI is InChI=1S/C17H17F3N2O2S/c1-11-14-7-9-25-15(14)6-8-22(11)10-16(23)21-12-2-4-13(5-3-12)24-17(18,19)20/h2-5,7,9,11H,6,8,10H2,1H3,(H,21,23)/t11-/m0/s1. The van der Waals surface area contributed by atoms with Crippen LogP contribution in [0.25, 0.3) is 0 Å². The smallest absolute Gasteiger partial charge is 0.406 e. The van der Waals surface area contributed by atoms with Crippen LogP contribution < -0.4 is 10.1 Å². The van der Waals surface area contributed by atoms with Crippen LogP contribution in [-0.2, 0) is 11.2 Å². The van der Waals surface area contributed by atoms with E-state index in [9.17, 15) is 18.0 Å². The number of hydrogen-bond donors (Lipinski definition) is 1. The number of carbonyl (C=O) groups is 1. The highest BCUT2D eigenvalue weighted by Crippen LogP contribution is 2.32. The SMILES string of the molecule is C[C@H]1c2ccsc2CCN1CC(=O)Nc1ccc(OC(F)(F)F)cc1. The number of carbonyl (C=O) groups excluding carboxylic acids is 1. The first-order chi connectivity index (χ1) is 11.8. The number of anilines is 1. The minimum atomic E-state index is -4.73. The van der Waals surface area contributed by atoms with Crippen molar-refractivity contribution >= 4 is 22.9 Å². The van der Waals surface area contributed by atoms with Crippen molar-refractivity contribution in [2.24, 2.45) is 0 Å². The highest BCUT2D eigenvalue weighted by molar-refractivity contribution is 7.10. The Kier molecular flexibility index (Phi) is 5.01. The van der Waals surface area contributed by atoms with E-state index in [0.29, 0.717) is 5.69 Å². The maximum Gasteiger partial charge on any atom is 0.573 e. The molecule has 0 radical (unpaired) electrons. The number of halogens is 3. The van der Waals surface area contributed by atoms with E-state index in [1.807, 2.05) is 0 Å². The molecule has 1 aromatic carbocycles. The molecule has 0 unspecified atom stereocenters. The molecular weight excluding hydrogens is 353 g/mol. The van der Waals surface area contributed by atoms with Gasteiger partial charge in [0.1, 0.15) is 5.75 Å². The molecule has 1 aromatic heterocycles. The van der Waals surface area contributed by atoms with Gasteiger partial charge in [0.05, 0.1) is 6.54 Å². The summed E-state index contributed by atoms with van der Waals surface area (Å²) in [6, 6.07) is 7.37. The molecule has 4 nitrogen and oxygen atoms in total. The van der Waals surface area contributed by atoms with Crippen molar-refractivity contribution in [1.82, 2.24) is 4.90 Å². The average Bonchev–Trinajstić information content (AvgIpc) is 3.00. The van der Waals surface area contributed by atoms with E-state index in [0.717, 1.165) is 13.0 Å². The first kappa shape index (κ1) is 17.8. The van der Waals surface area contributed by atoms with Crippen LogP contribution in [0, 0.1) is 0 Å². The molecule has 3 rings (SSSR count). The van der Waals surface area contributed by atoms with Crippen molar-refractivity contribution in [3.63, 3.8) is 0 Å². The molecule has 1 aliphatic heterocycles. The van der Waals surface area contributed by atoms with Crippen LogP contribution in [-0.4, -0.2) is 30.3 Å². The topological polar surface area (TPSA) is 41.6 Å². The lowest BCUT2D eigenvalue weighted by molar-refractivity contribution is -0.274. The molecule has 0 aliphatic carbocycles. The molecule has 2 heterocycles. The zero-order valence-electron chi connectivity index (χ0n) is 13.5. The highest BCUT2D eigenvalue weighted by Gasteiger charge is 2.31. The van der Waals surface area contributed by atoms with E-state index in [1.165, 1.54) is 34.7 Å². The maximum absolute atomic E-state index is 12.2. The third-order valence-corrected chi connectivity index (χ3v) is 5.12. The van der Waals surface area contributed by atoms with E-state index < -0.39 is 6.36 Å². The predicted octanol–water partition coefficient (Wildman–Crippen LogP) is 4.20. The Morgan fingerprint density at radius 2 is 2.04 bits per heavy atom. The van der Waals surface area contributed by atoms with Gasteiger partial charge in [0.2, 0.25) is 5.91 Å². The molecule has 1 atom stereocenters. The number of benzene rings is 1. The average molecular weight is 370 g/mol. The lowest BCUT2D eigenvalue weighted by Crippen LogP contribution is -2.39. The van der Waals surface area contributed by atoms with Gasteiger partial charge >= 0.3 is 6.36 Å². The lowest BCUT2D eigenvalue weighted by Gasteiger charge is -2.32. The first-order valence-electron chi connectivity index (χ1n) is 7.78. The Morgan fingerprint density at radius 1 is 1.32 bits per heavy atom. The van der Waals surface area contributed by atoms with Gasteiger partial charge in [-0.05, 0) is 54.6 Å². The van der Waals surface area contributed by atoms with Crippen molar-refractivity contribution in [3.05, 3.63) is 46.2 Å². The van der Waals surface area contributed by atoms with Gasteiger partial charge in [-0.1, -0.05) is 0 Å². The largest absolute Gasteiger partial charge is 0.573 e. The molecule has 1 N–H and O–H groups in total. The summed E-state index contributed by atoms with van der Waals surface area (Å²) in [6.45, 7) is 3.11. The summed E-state index contributed by atoms with van der Waals surface area (Å²) >= 11 is 1.74. The summed E-state index contributed by atoms with van der Waals surface area (Å²) in [5.74, 6) is -0.518. The molecule has 2 aromatic rings. The Hall–Kier alpha value is -2.06. The molecule has 0 fully saturated rings. The van der Waals surface area contributed by atoms with E-state index in [-0.39, 0.29) is 24.2 Å². The summed E-state index contributed by atoms with van der Waals surface area (Å²) in [6.07, 6.45) is -3.80. The van der Waals surface area contributed by atoms with Crippen LogP contribution in [0.1, 0.15) is 23.4 Å². The molecule has 0 saturated carbocycles. The van der Waals surface area contributed by atoms with Crippen LogP contribution >= 0.6 is 11.3 Å². The molecule has 0 spiro atoms. The molecular formula is C17H17F3N2O2S. The van der Waals surface area contributed by atoms with Crippen molar-refractivity contribution in [3.8, 4) is 5.75 Å². The van der Waals surface area contributed by atoms with Crippen LogP contribution in [0.2, 0.25) is 0 Å². The highest BCUT2D eigenvalue weighted by atomic mass is 32.1. The number of amides is 1. The molecule has 134 valence electrons. The minimum absolute atomic E-state index is 0.170. The third-order valence-electron chi connectivity index (χ3n) is 4.12. The van der Waals surface area contributed by atoms with Crippen LogP contribution in [0.3, 0.4) is 0 Å². The first-order valence-corrected chi connectivity index (χ1v) is 8.66. The second kappa shape index (κ2) is 7.05. The fourth-order valence-electron chi connectivity index (χ4n) is 2.90. The van der Waals surface area contributed by atoms with E-state index >= 15 is 0 Å². The fourth-order valence-corrected chi connectivity index (χ4v) is 3.87. The summed E-state index contributed by atoms with van der Waals surface area (Å²) in [4.78, 5) is 15.7. The molecule has 1 aliphatic rings. The predicted molar refractivity (Wildman–Crippen MR) is 89.8 cm³/mol. The third kappa shape index (κ3) is 4.52. The molecule has 25 heavy (non-hydrogen) atoms. The van der Waals surface area contributed by atoms with Gasteiger partial charge in [0.25, 0.3) is 0 Å². The van der Waals surface area contributed by atoms with Gasteiger partial charge < -0.3 is 10.1 Å². The monoisotopic (exact) mass is 370 g/mol. The van der Waals surface area contributed by atoms with E-state index in [1.54, 1.807) is 11.3 Å². The van der Waals surface area contributed by atoms with E-state index in [2.05, 4.69) is 33.3 Å². The molecule has 1 amide bonds. The van der Waals surface area contributed by atoms with Gasteiger partial charge in [0.15, 0.2) is 0 Å². The van der Waals surface area contributed by atoms with Crippen molar-refractivity contribution in [1.29, 1.82) is 0 Å². The fraction of sp³-hybridized carbons (Fsp3) is 0.353. The number of rotatable bonds is 4. The van der Waals surface area contributed by atoms with Gasteiger partial charge in [-0.3, -0.25) is 9.69 Å². The Labute approximate surface area is 147 Å². The van der Waals surface area contributed by atoms with Gasteiger partial charge in [-0.15, -0.1) is 24.5 Å². The molecule has 8 heteroatoms. The summed E-state index contributed by atoms with van der Waals surface area (Å²) in [5.41, 5.74) is 1.69. The quantitative estimate of drug-likeness (QED) is 0.877. The number of thiophene rings is 1. The van der Waals surface area contributed by atoms with Gasteiger partial charge in [-0.25, -0.2) is 0 Å². The Balaban J connectivity index is 1.56. The minimum Gasteiger partial charge on any atom is -0.406 e. The normalized spacial score (nSPS) is 17.8. The number of ether oxygens (including phenoxy) is 1. The van der Waals surface area contributed by atoms with Gasteiger partial charge in [-0.2, -0.15) is 0 Å². The van der Waals surface area contributed by atoms with Crippen molar-refractivity contribution in [2.75, 3.05) is 18.4 Å². The van der Waals surface area contributed by atoms with E-state index in [4.69, 9.17) is 0 Å². The van der Waals surface area contributed by atoms with Crippen LogP contribution in [0.15, 0.2) is 35.7 Å². The van der Waals surface area contributed by atoms with Crippen molar-refractivity contribution in [2.45, 2.75) is 25.7 Å². The van der Waals surface area contributed by atoms with Crippen LogP contribution in [0.4, 0.5) is 18.9 Å². The van der Waals surface area contributed by atoms with Crippen LogP contribution in [0.5, 0.6) is 5.75 Å². The second-order valence-electron chi connectivity index (χ2n) is 5.82. The molecule has 0 bridgehead atoms. The maximum atomic E-state index is 12.2. The number of fused-ring (bicyclic) bond motifs is 1. The molecule has 0 saturated heterocycles. The summed E-state index contributed by atoms with van der Waals surface area (Å²) < 4.78 is 40.2. The zero-order valence-corrected chi connectivity index (χ0v) is 14.3. The zero-order chi connectivity index (χ0) is 18.0. The van der Waals surface area contributed by atoms with Gasteiger partial charge in [0, 0.05) is 23.2 Å². The summed E-state index contributed by atoms with van der Waals surface area (Å²) in [7, 11) is 0. The van der Waals surface area contributed by atoms with Crippen molar-refractivity contribution < 1.29 is 22.7 Å². The lowest BCUT2D eigenvalue weighted by atomic mass is 10.0. The number of nitrogens with zero attached hydrogens (tertiary/aromatic N) is 1. The second-order valence-corrected chi connectivity index (χ2v) is 6.82. The number of nitrogens with one attached hydrogen (secondary N) is 1. The Bertz CT molecular complexity index is 743. The summed E-state index contributed by atoms with van der Waals surface area (Å²) in [5, 5.41) is 4.77. The Morgan fingerprint density at radius 3 is 2.72 bits per heavy atom.